The molecule has 1 aromatic carbocycles. The zero-order chi connectivity index (χ0) is 23.7. The molecule has 0 spiro atoms. The number of aryl methyl sites for hydroxylation is 1. The van der Waals surface area contributed by atoms with Crippen LogP contribution in [0, 0.1) is 47.8 Å². The Bertz CT molecular complexity index is 1090. The maximum absolute atomic E-state index is 13.7. The minimum Gasteiger partial charge on any atom is -0.390 e. The molecular formula is C30H42N2O2. The molecule has 1 N–H and O–H groups in total. The predicted octanol–water partition coefficient (Wildman–Crippen LogP) is 6.32. The highest BCUT2D eigenvalue weighted by Gasteiger charge is 2.58. The van der Waals surface area contributed by atoms with Gasteiger partial charge in [0.15, 0.2) is 5.78 Å². The summed E-state index contributed by atoms with van der Waals surface area (Å²) >= 11 is 0. The summed E-state index contributed by atoms with van der Waals surface area (Å²) < 4.78 is 1.96. The topological polar surface area (TPSA) is 55.1 Å². The predicted molar refractivity (Wildman–Crippen MR) is 135 cm³/mol. The molecule has 34 heavy (non-hydrogen) atoms. The normalized spacial score (nSPS) is 41.6. The van der Waals surface area contributed by atoms with E-state index in [1.165, 1.54) is 38.5 Å². The Hall–Kier alpha value is -1.68. The van der Waals surface area contributed by atoms with Crippen molar-refractivity contribution in [3.8, 4) is 0 Å². The average Bonchev–Trinajstić information content (AvgIpc) is 3.35. The quantitative estimate of drug-likeness (QED) is 0.578. The number of carbonyl (C=O) groups is 1. The summed E-state index contributed by atoms with van der Waals surface area (Å²) in [7, 11) is 0. The van der Waals surface area contributed by atoms with E-state index in [2.05, 4.69) is 26.0 Å². The molecule has 4 aliphatic rings. The smallest absolute Gasteiger partial charge is 0.157 e. The molecule has 4 heteroatoms. The number of para-hydroxylation sites is 1. The lowest BCUT2D eigenvalue weighted by Crippen LogP contribution is -2.51. The van der Waals surface area contributed by atoms with Crippen LogP contribution in [0.4, 0.5) is 0 Å². The van der Waals surface area contributed by atoms with Crippen molar-refractivity contribution < 1.29 is 9.90 Å². The van der Waals surface area contributed by atoms with E-state index in [1.807, 2.05) is 23.7 Å². The molecule has 0 radical (unpaired) electrons. The third-order valence-electron chi connectivity index (χ3n) is 11.3. The second kappa shape index (κ2) is 8.18. The molecular weight excluding hydrogens is 420 g/mol. The maximum Gasteiger partial charge on any atom is 0.157 e. The number of hydrogen-bond acceptors (Lipinski definition) is 3. The van der Waals surface area contributed by atoms with Gasteiger partial charge in [0.2, 0.25) is 0 Å². The molecule has 6 rings (SSSR count). The summed E-state index contributed by atoms with van der Waals surface area (Å²) in [5.74, 6) is 4.42. The Morgan fingerprint density at radius 2 is 1.85 bits per heavy atom. The van der Waals surface area contributed by atoms with Gasteiger partial charge in [-0.3, -0.25) is 9.48 Å². The number of benzene rings is 1. The van der Waals surface area contributed by atoms with Crippen molar-refractivity contribution in [1.29, 1.82) is 0 Å². The lowest BCUT2D eigenvalue weighted by atomic mass is 9.48. The van der Waals surface area contributed by atoms with Crippen LogP contribution in [-0.4, -0.2) is 26.3 Å². The second-order valence-corrected chi connectivity index (χ2v) is 12.7. The van der Waals surface area contributed by atoms with Gasteiger partial charge in [-0.2, -0.15) is 5.10 Å². The van der Waals surface area contributed by atoms with E-state index in [1.54, 1.807) is 0 Å². The number of ketones is 1. The van der Waals surface area contributed by atoms with Crippen LogP contribution in [0.3, 0.4) is 0 Å². The van der Waals surface area contributed by atoms with E-state index < -0.39 is 5.60 Å². The fourth-order valence-corrected chi connectivity index (χ4v) is 9.48. The first-order valence-corrected chi connectivity index (χ1v) is 14.0. The molecule has 0 bridgehead atoms. The number of rotatable bonds is 4. The molecule has 184 valence electrons. The van der Waals surface area contributed by atoms with E-state index in [0.717, 1.165) is 66.0 Å². The number of carbonyl (C=O) groups excluding carboxylic acids is 1. The molecule has 0 aliphatic heterocycles. The van der Waals surface area contributed by atoms with Crippen LogP contribution in [0.15, 0.2) is 24.3 Å². The number of fused-ring (bicyclic) bond motifs is 6. The molecule has 0 unspecified atom stereocenters. The molecule has 2 aromatic rings. The van der Waals surface area contributed by atoms with Crippen molar-refractivity contribution >= 4 is 16.7 Å². The van der Waals surface area contributed by atoms with Crippen LogP contribution in [0.25, 0.3) is 10.9 Å². The Morgan fingerprint density at radius 3 is 2.68 bits per heavy atom. The number of aromatic nitrogens is 2. The van der Waals surface area contributed by atoms with Crippen LogP contribution in [-0.2, 0) is 11.3 Å². The first-order valence-electron chi connectivity index (χ1n) is 14.0. The fourth-order valence-electron chi connectivity index (χ4n) is 9.48. The summed E-state index contributed by atoms with van der Waals surface area (Å²) in [6, 6.07) is 8.29. The fraction of sp³-hybridized carbons (Fsp3) is 0.733. The van der Waals surface area contributed by atoms with Crippen LogP contribution in [0.2, 0.25) is 0 Å². The minimum absolute atomic E-state index is 0.155. The largest absolute Gasteiger partial charge is 0.390 e. The Labute approximate surface area is 204 Å². The zero-order valence-corrected chi connectivity index (χ0v) is 21.3. The molecule has 4 saturated carbocycles. The van der Waals surface area contributed by atoms with E-state index in [-0.39, 0.29) is 11.3 Å². The first-order chi connectivity index (χ1) is 16.3. The van der Waals surface area contributed by atoms with Crippen molar-refractivity contribution in [2.24, 2.45) is 40.9 Å². The monoisotopic (exact) mass is 462 g/mol. The van der Waals surface area contributed by atoms with Crippen LogP contribution < -0.4 is 0 Å². The minimum atomic E-state index is -0.406. The average molecular weight is 463 g/mol. The van der Waals surface area contributed by atoms with Crippen molar-refractivity contribution in [2.75, 3.05) is 0 Å². The van der Waals surface area contributed by atoms with Gasteiger partial charge in [-0.25, -0.2) is 0 Å². The van der Waals surface area contributed by atoms with Gasteiger partial charge < -0.3 is 5.11 Å². The zero-order valence-electron chi connectivity index (χ0n) is 21.3. The lowest BCUT2D eigenvalue weighted by Gasteiger charge is -2.57. The number of nitrogens with zero attached hydrogens (tertiary/aromatic N) is 2. The van der Waals surface area contributed by atoms with Crippen molar-refractivity contribution in [2.45, 2.75) is 97.1 Å². The van der Waals surface area contributed by atoms with Gasteiger partial charge in [-0.05, 0) is 112 Å². The molecule has 4 nitrogen and oxygen atoms in total. The maximum atomic E-state index is 13.7. The van der Waals surface area contributed by atoms with Crippen molar-refractivity contribution in [3.05, 3.63) is 30.0 Å². The molecule has 0 saturated heterocycles. The third-order valence-corrected chi connectivity index (χ3v) is 11.3. The Kier molecular flexibility index (Phi) is 5.48. The van der Waals surface area contributed by atoms with Crippen LogP contribution >= 0.6 is 0 Å². The van der Waals surface area contributed by atoms with Gasteiger partial charge in [0.25, 0.3) is 0 Å². The molecule has 1 heterocycles. The van der Waals surface area contributed by atoms with Gasteiger partial charge in [0.05, 0.1) is 16.8 Å². The summed E-state index contributed by atoms with van der Waals surface area (Å²) in [5.41, 5.74) is 1.84. The molecule has 1 aromatic heterocycles. The first kappa shape index (κ1) is 22.8. The van der Waals surface area contributed by atoms with E-state index in [0.29, 0.717) is 18.2 Å². The summed E-state index contributed by atoms with van der Waals surface area (Å²) in [6.45, 7) is 7.07. The number of Topliss-reactive ketones (excluding diaryl/α,β-unsaturated/α-hetero) is 1. The van der Waals surface area contributed by atoms with E-state index in [9.17, 15) is 9.90 Å². The Balaban J connectivity index is 1.19. The molecule has 8 atom stereocenters. The van der Waals surface area contributed by atoms with Gasteiger partial charge in [-0.1, -0.05) is 32.0 Å². The SMILES string of the molecule is CC[C@@]1(O)CC[C@H]2[C@H](CC[C@@H]3[C@@H]2CC[C@]2(C)[C@@H](C(=O)Cn4nc(C)c5ccccc54)CC[C@@H]32)C1. The van der Waals surface area contributed by atoms with Crippen LogP contribution in [0.5, 0.6) is 0 Å². The van der Waals surface area contributed by atoms with Crippen LogP contribution in [0.1, 0.15) is 83.7 Å². The second-order valence-electron chi connectivity index (χ2n) is 12.7. The number of hydrogen-bond donors (Lipinski definition) is 1. The van der Waals surface area contributed by atoms with Crippen molar-refractivity contribution in [3.63, 3.8) is 0 Å². The highest BCUT2D eigenvalue weighted by Crippen LogP contribution is 2.64. The van der Waals surface area contributed by atoms with Crippen molar-refractivity contribution in [1.82, 2.24) is 9.78 Å². The Morgan fingerprint density at radius 1 is 1.06 bits per heavy atom. The van der Waals surface area contributed by atoms with E-state index >= 15 is 0 Å². The van der Waals surface area contributed by atoms with Gasteiger partial charge >= 0.3 is 0 Å². The lowest BCUT2D eigenvalue weighted by molar-refractivity contribution is -0.133. The standard InChI is InChI=1S/C30H42N2O2/c1-4-30(34)16-14-22-20(17-30)9-10-24-23(22)13-15-29(3)25(24)11-12-26(29)28(33)18-32-27-8-6-5-7-21(27)19(2)31-32/h5-8,20,22-26,34H,4,9-18H2,1-3H3/t20-,22+,23-,24-,25+,26-,29+,30-/m1/s1. The molecule has 4 aliphatic carbocycles. The summed E-state index contributed by atoms with van der Waals surface area (Å²) in [6.07, 6.45) is 11.5. The highest BCUT2D eigenvalue weighted by atomic mass is 16.3. The van der Waals surface area contributed by atoms with Gasteiger partial charge in [0.1, 0.15) is 6.54 Å². The molecule has 4 fully saturated rings. The van der Waals surface area contributed by atoms with Gasteiger partial charge in [-0.15, -0.1) is 0 Å². The summed E-state index contributed by atoms with van der Waals surface area (Å²) in [5, 5.41) is 16.8. The van der Waals surface area contributed by atoms with E-state index in [4.69, 9.17) is 5.10 Å². The third kappa shape index (κ3) is 3.42. The highest BCUT2D eigenvalue weighted by molar-refractivity contribution is 5.86. The molecule has 0 amide bonds. The number of aliphatic hydroxyl groups is 1. The summed E-state index contributed by atoms with van der Waals surface area (Å²) in [4.78, 5) is 13.7. The van der Waals surface area contributed by atoms with Gasteiger partial charge in [0, 0.05) is 11.3 Å².